The molecule has 0 spiro atoms. The van der Waals surface area contributed by atoms with Gasteiger partial charge in [0.2, 0.25) is 0 Å². The summed E-state index contributed by atoms with van der Waals surface area (Å²) in [4.78, 5) is 4.40. The van der Waals surface area contributed by atoms with Gasteiger partial charge < -0.3 is 9.84 Å². The molecule has 0 aliphatic heterocycles. The second-order valence-corrected chi connectivity index (χ2v) is 4.50. The fraction of sp³-hybridized carbons (Fsp3) is 0.364. The van der Waals surface area contributed by atoms with Crippen LogP contribution in [0.2, 0.25) is 0 Å². The van der Waals surface area contributed by atoms with Gasteiger partial charge in [0.1, 0.15) is 5.01 Å². The molecule has 2 heterocycles. The number of hydrogen-bond acceptors (Lipinski definition) is 6. The third-order valence-corrected chi connectivity index (χ3v) is 2.97. The minimum Gasteiger partial charge on any atom is -0.428 e. The van der Waals surface area contributed by atoms with Gasteiger partial charge in [0, 0.05) is 5.69 Å². The van der Waals surface area contributed by atoms with E-state index in [-0.39, 0.29) is 6.61 Å². The number of pyridine rings is 1. The van der Waals surface area contributed by atoms with Crippen molar-refractivity contribution in [3.05, 3.63) is 28.5 Å². The summed E-state index contributed by atoms with van der Waals surface area (Å²) < 4.78 is 5.61. The molecule has 0 amide bonds. The molecule has 0 aliphatic carbocycles. The number of aromatic nitrogens is 3. The highest BCUT2D eigenvalue weighted by Crippen LogP contribution is 2.27. The molecule has 2 rings (SSSR count). The van der Waals surface area contributed by atoms with Crippen LogP contribution >= 0.6 is 11.3 Å². The van der Waals surface area contributed by atoms with Gasteiger partial charge in [-0.15, -0.1) is 5.10 Å². The maximum absolute atomic E-state index is 8.89. The number of aryl methyl sites for hydroxylation is 2. The standard InChI is InChI=1S/C11H13N3O2S/c1-3-8-9(5-4-7(2)12-8)16-11-14-13-10(6-15)17-11/h4-5,15H,3,6H2,1-2H3. The van der Waals surface area contributed by atoms with Crippen LogP contribution in [0.15, 0.2) is 12.1 Å². The predicted octanol–water partition coefficient (Wildman–Crippen LogP) is 2.09. The van der Waals surface area contributed by atoms with Gasteiger partial charge in [-0.05, 0) is 25.5 Å². The molecule has 0 aromatic carbocycles. The summed E-state index contributed by atoms with van der Waals surface area (Å²) in [7, 11) is 0. The van der Waals surface area contributed by atoms with Crippen LogP contribution in [0.3, 0.4) is 0 Å². The Bertz CT molecular complexity index is 513. The molecule has 2 aromatic rings. The lowest BCUT2D eigenvalue weighted by molar-refractivity contribution is 0.280. The molecule has 17 heavy (non-hydrogen) atoms. The van der Waals surface area contributed by atoms with Crippen molar-refractivity contribution in [2.45, 2.75) is 26.9 Å². The molecule has 0 radical (unpaired) electrons. The highest BCUT2D eigenvalue weighted by atomic mass is 32.1. The van der Waals surface area contributed by atoms with Crippen LogP contribution in [-0.2, 0) is 13.0 Å². The zero-order chi connectivity index (χ0) is 12.3. The quantitative estimate of drug-likeness (QED) is 0.901. The number of aliphatic hydroxyl groups is 1. The van der Waals surface area contributed by atoms with Crippen molar-refractivity contribution in [1.82, 2.24) is 15.2 Å². The van der Waals surface area contributed by atoms with Crippen molar-refractivity contribution in [2.24, 2.45) is 0 Å². The maximum atomic E-state index is 8.89. The van der Waals surface area contributed by atoms with E-state index in [2.05, 4.69) is 15.2 Å². The predicted molar refractivity (Wildman–Crippen MR) is 64.3 cm³/mol. The summed E-state index contributed by atoms with van der Waals surface area (Å²) in [6.07, 6.45) is 0.794. The molecule has 0 unspecified atom stereocenters. The number of nitrogens with zero attached hydrogens (tertiary/aromatic N) is 3. The monoisotopic (exact) mass is 251 g/mol. The minimum absolute atomic E-state index is 0.117. The first-order valence-electron chi connectivity index (χ1n) is 5.30. The molecule has 0 saturated heterocycles. The van der Waals surface area contributed by atoms with Crippen LogP contribution in [0.25, 0.3) is 0 Å². The van der Waals surface area contributed by atoms with Crippen molar-refractivity contribution in [3.63, 3.8) is 0 Å². The summed E-state index contributed by atoms with van der Waals surface area (Å²) in [5, 5.41) is 17.5. The van der Waals surface area contributed by atoms with Crippen molar-refractivity contribution in [3.8, 4) is 10.9 Å². The summed E-state index contributed by atoms with van der Waals surface area (Å²) in [6.45, 7) is 3.85. The molecule has 6 heteroatoms. The molecule has 0 aliphatic rings. The van der Waals surface area contributed by atoms with Crippen LogP contribution in [0.5, 0.6) is 10.9 Å². The third kappa shape index (κ3) is 2.78. The summed E-state index contributed by atoms with van der Waals surface area (Å²) in [5.74, 6) is 0.693. The smallest absolute Gasteiger partial charge is 0.299 e. The lowest BCUT2D eigenvalue weighted by atomic mass is 10.2. The zero-order valence-electron chi connectivity index (χ0n) is 9.67. The van der Waals surface area contributed by atoms with Gasteiger partial charge in [-0.25, -0.2) is 0 Å². The van der Waals surface area contributed by atoms with Gasteiger partial charge in [0.05, 0.1) is 12.3 Å². The van der Waals surface area contributed by atoms with Crippen LogP contribution in [0.1, 0.15) is 23.3 Å². The Balaban J connectivity index is 2.23. The number of ether oxygens (including phenoxy) is 1. The summed E-state index contributed by atoms with van der Waals surface area (Å²) in [5.41, 5.74) is 1.85. The average Bonchev–Trinajstić information content (AvgIpc) is 2.79. The molecule has 0 fully saturated rings. The first kappa shape index (κ1) is 11.9. The van der Waals surface area contributed by atoms with E-state index < -0.39 is 0 Å². The lowest BCUT2D eigenvalue weighted by Crippen LogP contribution is -1.95. The average molecular weight is 251 g/mol. The van der Waals surface area contributed by atoms with E-state index in [1.165, 1.54) is 11.3 Å². The Morgan fingerprint density at radius 3 is 2.82 bits per heavy atom. The van der Waals surface area contributed by atoms with Gasteiger partial charge in [-0.3, -0.25) is 4.98 Å². The SMILES string of the molecule is CCc1nc(C)ccc1Oc1nnc(CO)s1. The fourth-order valence-corrected chi connectivity index (χ4v) is 1.94. The molecular weight excluding hydrogens is 238 g/mol. The van der Waals surface area contributed by atoms with Crippen molar-refractivity contribution in [1.29, 1.82) is 0 Å². The van der Waals surface area contributed by atoms with Crippen LogP contribution in [-0.4, -0.2) is 20.3 Å². The highest BCUT2D eigenvalue weighted by Gasteiger charge is 2.09. The molecule has 90 valence electrons. The van der Waals surface area contributed by atoms with E-state index in [1.807, 2.05) is 26.0 Å². The van der Waals surface area contributed by atoms with E-state index in [0.717, 1.165) is 17.8 Å². The number of aliphatic hydroxyl groups excluding tert-OH is 1. The molecule has 1 N–H and O–H groups in total. The Morgan fingerprint density at radius 1 is 1.35 bits per heavy atom. The van der Waals surface area contributed by atoms with Crippen molar-refractivity contribution < 1.29 is 9.84 Å². The second kappa shape index (κ2) is 5.20. The molecule has 0 bridgehead atoms. The van der Waals surface area contributed by atoms with E-state index in [0.29, 0.717) is 16.0 Å². The van der Waals surface area contributed by atoms with E-state index in [9.17, 15) is 0 Å². The Morgan fingerprint density at radius 2 is 2.18 bits per heavy atom. The molecule has 2 aromatic heterocycles. The first-order valence-corrected chi connectivity index (χ1v) is 6.12. The van der Waals surface area contributed by atoms with E-state index in [1.54, 1.807) is 0 Å². The summed E-state index contributed by atoms with van der Waals surface area (Å²) >= 11 is 1.23. The number of hydrogen-bond donors (Lipinski definition) is 1. The Hall–Kier alpha value is -1.53. The van der Waals surface area contributed by atoms with Gasteiger partial charge in [-0.1, -0.05) is 23.4 Å². The molecule has 0 atom stereocenters. The maximum Gasteiger partial charge on any atom is 0.299 e. The fourth-order valence-electron chi connectivity index (χ4n) is 1.38. The van der Waals surface area contributed by atoms with Crippen LogP contribution in [0.4, 0.5) is 0 Å². The molecule has 0 saturated carbocycles. The largest absolute Gasteiger partial charge is 0.428 e. The Kier molecular flexibility index (Phi) is 3.65. The van der Waals surface area contributed by atoms with Crippen molar-refractivity contribution >= 4 is 11.3 Å². The number of rotatable bonds is 4. The van der Waals surface area contributed by atoms with Crippen LogP contribution < -0.4 is 4.74 Å². The van der Waals surface area contributed by atoms with Gasteiger partial charge in [0.25, 0.3) is 5.19 Å². The van der Waals surface area contributed by atoms with Crippen molar-refractivity contribution in [2.75, 3.05) is 0 Å². The van der Waals surface area contributed by atoms with Crippen LogP contribution in [0, 0.1) is 6.92 Å². The highest BCUT2D eigenvalue weighted by molar-refractivity contribution is 7.13. The van der Waals surface area contributed by atoms with Gasteiger partial charge >= 0.3 is 0 Å². The minimum atomic E-state index is -0.117. The second-order valence-electron chi connectivity index (χ2n) is 3.47. The molecule has 5 nitrogen and oxygen atoms in total. The lowest BCUT2D eigenvalue weighted by Gasteiger charge is -2.06. The van der Waals surface area contributed by atoms with E-state index >= 15 is 0 Å². The zero-order valence-corrected chi connectivity index (χ0v) is 10.5. The summed E-state index contributed by atoms with van der Waals surface area (Å²) in [6, 6.07) is 3.77. The first-order chi connectivity index (χ1) is 8.22. The topological polar surface area (TPSA) is 68.1 Å². The molecular formula is C11H13N3O2S. The third-order valence-electron chi connectivity index (χ3n) is 2.19. The normalized spacial score (nSPS) is 10.5. The Labute approximate surface area is 103 Å². The van der Waals surface area contributed by atoms with Gasteiger partial charge in [-0.2, -0.15) is 0 Å². The van der Waals surface area contributed by atoms with E-state index in [4.69, 9.17) is 9.84 Å². The van der Waals surface area contributed by atoms with Gasteiger partial charge in [0.15, 0.2) is 5.75 Å².